The summed E-state index contributed by atoms with van der Waals surface area (Å²) in [5.74, 6) is 2.25. The predicted octanol–water partition coefficient (Wildman–Crippen LogP) is 6.75. The molecule has 1 unspecified atom stereocenters. The van der Waals surface area contributed by atoms with E-state index in [0.29, 0.717) is 18.0 Å². The molecule has 8 nitrogen and oxygen atoms in total. The third-order valence-electron chi connectivity index (χ3n) is 7.92. The lowest BCUT2D eigenvalue weighted by Gasteiger charge is -2.25. The number of allylic oxidation sites excluding steroid dienone is 1. The Morgan fingerprint density at radius 3 is 2.05 bits per heavy atom. The molecule has 1 fully saturated rings. The van der Waals surface area contributed by atoms with Crippen LogP contribution < -0.4 is 18.9 Å². The van der Waals surface area contributed by atoms with Gasteiger partial charge in [-0.05, 0) is 96.6 Å². The van der Waals surface area contributed by atoms with E-state index in [1.807, 2.05) is 60.7 Å². The maximum atomic E-state index is 12.2. The molecule has 1 aliphatic heterocycles. The number of benzene rings is 3. The molecule has 1 aliphatic carbocycles. The molecule has 44 heavy (non-hydrogen) atoms. The first-order chi connectivity index (χ1) is 21.4. The van der Waals surface area contributed by atoms with Crippen molar-refractivity contribution in [1.29, 1.82) is 0 Å². The third-order valence-corrected chi connectivity index (χ3v) is 7.92. The van der Waals surface area contributed by atoms with Gasteiger partial charge in [0.05, 0.1) is 5.92 Å². The van der Waals surface area contributed by atoms with Crippen molar-refractivity contribution in [3.05, 3.63) is 83.4 Å². The van der Waals surface area contributed by atoms with Gasteiger partial charge >= 0.3 is 11.9 Å². The molecule has 8 heteroatoms. The smallest absolute Gasteiger partial charge is 0.314 e. The summed E-state index contributed by atoms with van der Waals surface area (Å²) in [5.41, 5.74) is 5.23. The second-order valence-electron chi connectivity index (χ2n) is 11.0. The largest absolute Gasteiger partial charge is 0.490 e. The highest BCUT2D eigenvalue weighted by atomic mass is 16.7. The summed E-state index contributed by atoms with van der Waals surface area (Å²) in [7, 11) is 0. The first-order valence-electron chi connectivity index (χ1n) is 15.5. The number of carbonyl (C=O) groups is 2. The van der Waals surface area contributed by atoms with Crippen LogP contribution in [-0.2, 0) is 14.3 Å². The highest BCUT2D eigenvalue weighted by molar-refractivity contribution is 5.99. The summed E-state index contributed by atoms with van der Waals surface area (Å²) in [5, 5.41) is 0. The Hall–Kier alpha value is -4.30. The van der Waals surface area contributed by atoms with Crippen LogP contribution >= 0.6 is 0 Å². The van der Waals surface area contributed by atoms with Crippen LogP contribution in [0, 0.1) is 5.92 Å². The first-order valence-corrected chi connectivity index (χ1v) is 15.5. The average Bonchev–Trinajstić information content (AvgIpc) is 3.79. The maximum absolute atomic E-state index is 12.2. The molecule has 3 aromatic carbocycles. The lowest BCUT2D eigenvalue weighted by atomic mass is 9.88. The fourth-order valence-electron chi connectivity index (χ4n) is 5.37. The van der Waals surface area contributed by atoms with Gasteiger partial charge < -0.3 is 28.6 Å². The van der Waals surface area contributed by atoms with Crippen LogP contribution in [0.3, 0.4) is 0 Å². The zero-order chi connectivity index (χ0) is 31.1. The Morgan fingerprint density at radius 1 is 0.841 bits per heavy atom. The van der Waals surface area contributed by atoms with E-state index in [2.05, 4.69) is 31.7 Å². The molecule has 0 amide bonds. The van der Waals surface area contributed by atoms with Crippen LogP contribution in [0.15, 0.2) is 66.7 Å². The van der Waals surface area contributed by atoms with Crippen LogP contribution in [0.5, 0.6) is 23.0 Å². The second-order valence-corrected chi connectivity index (χ2v) is 11.0. The summed E-state index contributed by atoms with van der Waals surface area (Å²) < 4.78 is 28.5. The van der Waals surface area contributed by atoms with Crippen LogP contribution in [-0.4, -0.2) is 56.0 Å². The zero-order valence-corrected chi connectivity index (χ0v) is 26.0. The highest BCUT2D eigenvalue weighted by Crippen LogP contribution is 2.40. The molecular weight excluding hydrogens is 558 g/mol. The van der Waals surface area contributed by atoms with E-state index in [1.54, 1.807) is 0 Å². The van der Waals surface area contributed by atoms with Gasteiger partial charge in [0.2, 0.25) is 6.79 Å². The van der Waals surface area contributed by atoms with Crippen LogP contribution in [0.4, 0.5) is 0 Å². The molecule has 1 saturated carbocycles. The number of ether oxygens (including phenoxy) is 5. The van der Waals surface area contributed by atoms with Crippen molar-refractivity contribution in [2.45, 2.75) is 53.1 Å². The molecule has 0 bridgehead atoms. The molecule has 1 atom stereocenters. The van der Waals surface area contributed by atoms with E-state index in [9.17, 15) is 9.59 Å². The normalized spacial score (nSPS) is 15.0. The third kappa shape index (κ3) is 7.80. The fraction of sp³-hybridized carbons (Fsp3) is 0.389. The number of likely N-dealkylation sites (N-methyl/N-ethyl adjacent to an activating group) is 1. The van der Waals surface area contributed by atoms with Crippen molar-refractivity contribution in [3.8, 4) is 23.0 Å². The summed E-state index contributed by atoms with van der Waals surface area (Å²) in [6, 6.07) is 21.7. The molecule has 1 heterocycles. The Balaban J connectivity index is 1.43. The summed E-state index contributed by atoms with van der Waals surface area (Å²) in [6.07, 6.45) is 2.20. The number of hydrogen-bond acceptors (Lipinski definition) is 8. The molecule has 5 rings (SSSR count). The van der Waals surface area contributed by atoms with Crippen molar-refractivity contribution in [2.75, 3.05) is 33.0 Å². The Kier molecular flexibility index (Phi) is 10.2. The molecule has 0 N–H and O–H groups in total. The van der Waals surface area contributed by atoms with Gasteiger partial charge in [0.1, 0.15) is 24.2 Å². The van der Waals surface area contributed by atoms with Gasteiger partial charge in [-0.15, -0.1) is 0 Å². The van der Waals surface area contributed by atoms with Crippen LogP contribution in [0.2, 0.25) is 0 Å². The number of esters is 2. The van der Waals surface area contributed by atoms with Gasteiger partial charge in [-0.2, -0.15) is 0 Å². The lowest BCUT2D eigenvalue weighted by Crippen LogP contribution is -2.38. The second kappa shape index (κ2) is 14.4. The lowest BCUT2D eigenvalue weighted by molar-refractivity contribution is -0.148. The molecule has 2 aliphatic rings. The van der Waals surface area contributed by atoms with E-state index in [4.69, 9.17) is 23.7 Å². The minimum absolute atomic E-state index is 0.0325. The number of carbonyl (C=O) groups excluding carboxylic acids is 2. The molecular formula is C36H41NO7. The van der Waals surface area contributed by atoms with Crippen molar-refractivity contribution in [1.82, 2.24) is 4.90 Å². The molecule has 0 aromatic heterocycles. The Labute approximate surface area is 259 Å². The van der Waals surface area contributed by atoms with E-state index in [0.717, 1.165) is 71.7 Å². The quantitative estimate of drug-likeness (QED) is 0.114. The average molecular weight is 600 g/mol. The van der Waals surface area contributed by atoms with E-state index in [1.165, 1.54) is 6.92 Å². The Bertz CT molecular complexity index is 1470. The molecule has 3 aromatic rings. The van der Waals surface area contributed by atoms with Crippen molar-refractivity contribution >= 4 is 23.1 Å². The van der Waals surface area contributed by atoms with Crippen molar-refractivity contribution in [2.24, 2.45) is 5.92 Å². The standard InChI is InChI=1S/C36H41NO7/c1-5-32(28-14-19-33-34(20-28)42-23-41-33)35(26-12-17-30(18-13-26)44-36(39)27-8-9-27)25-10-15-29(16-11-25)40-22-31(43-24(4)38)21-37(6-2)7-3/h10-20,27,31H,5-9,21-23H2,1-4H3/b35-32+. The van der Waals surface area contributed by atoms with Gasteiger partial charge in [0, 0.05) is 13.5 Å². The summed E-state index contributed by atoms with van der Waals surface area (Å²) in [6.45, 7) is 10.5. The SMILES string of the molecule is CC/C(=C(/c1ccc(OCC(CN(CC)CC)OC(C)=O)cc1)c1ccc(OC(=O)C2CC2)cc1)c1ccc2c(c1)OCO2. The van der Waals surface area contributed by atoms with Crippen molar-refractivity contribution in [3.63, 3.8) is 0 Å². The van der Waals surface area contributed by atoms with E-state index >= 15 is 0 Å². The van der Waals surface area contributed by atoms with Gasteiger partial charge in [0.15, 0.2) is 11.5 Å². The number of fused-ring (bicyclic) bond motifs is 1. The van der Waals surface area contributed by atoms with Crippen LogP contribution in [0.25, 0.3) is 11.1 Å². The van der Waals surface area contributed by atoms with E-state index < -0.39 is 0 Å². The zero-order valence-electron chi connectivity index (χ0n) is 26.0. The van der Waals surface area contributed by atoms with Crippen molar-refractivity contribution < 1.29 is 33.3 Å². The fourth-order valence-corrected chi connectivity index (χ4v) is 5.37. The summed E-state index contributed by atoms with van der Waals surface area (Å²) in [4.78, 5) is 26.1. The molecule has 0 saturated heterocycles. The van der Waals surface area contributed by atoms with Crippen LogP contribution in [0.1, 0.15) is 63.6 Å². The molecule has 0 radical (unpaired) electrons. The monoisotopic (exact) mass is 599 g/mol. The van der Waals surface area contributed by atoms with Gasteiger partial charge in [-0.3, -0.25) is 9.59 Å². The topological polar surface area (TPSA) is 83.5 Å². The van der Waals surface area contributed by atoms with Gasteiger partial charge in [-0.1, -0.05) is 51.1 Å². The van der Waals surface area contributed by atoms with E-state index in [-0.39, 0.29) is 37.4 Å². The Morgan fingerprint density at radius 2 is 1.45 bits per heavy atom. The van der Waals surface area contributed by atoms with Gasteiger partial charge in [-0.25, -0.2) is 0 Å². The van der Waals surface area contributed by atoms with Gasteiger partial charge in [0.25, 0.3) is 0 Å². The maximum Gasteiger partial charge on any atom is 0.314 e. The minimum atomic E-state index is -0.368. The molecule has 0 spiro atoms. The first kappa shape index (κ1) is 31.1. The summed E-state index contributed by atoms with van der Waals surface area (Å²) >= 11 is 0. The predicted molar refractivity (Wildman–Crippen MR) is 169 cm³/mol. The highest BCUT2D eigenvalue weighted by Gasteiger charge is 2.31. The minimum Gasteiger partial charge on any atom is -0.490 e. The number of nitrogens with zero attached hydrogens (tertiary/aromatic N) is 1. The number of rotatable bonds is 14. The number of hydrogen-bond donors (Lipinski definition) is 0. The molecule has 232 valence electrons.